The summed E-state index contributed by atoms with van der Waals surface area (Å²) in [7, 11) is 0. The van der Waals surface area contributed by atoms with Crippen LogP contribution in [0.25, 0.3) is 0 Å². The zero-order valence-electron chi connectivity index (χ0n) is 7.66. The van der Waals surface area contributed by atoms with Crippen LogP contribution in [0.4, 0.5) is 5.69 Å². The summed E-state index contributed by atoms with van der Waals surface area (Å²) < 4.78 is 0. The molecule has 0 aromatic heterocycles. The summed E-state index contributed by atoms with van der Waals surface area (Å²) in [5.74, 6) is -0.0461. The van der Waals surface area contributed by atoms with Crippen LogP contribution in [-0.2, 0) is 6.42 Å². The van der Waals surface area contributed by atoms with E-state index in [0.717, 1.165) is 24.8 Å². The van der Waals surface area contributed by atoms with E-state index in [0.29, 0.717) is 0 Å². The van der Waals surface area contributed by atoms with E-state index < -0.39 is 0 Å². The third-order valence-corrected chi connectivity index (χ3v) is 1.96. The Bertz CT molecular complexity index is 297. The number of nitrogens with zero attached hydrogens (tertiary/aromatic N) is 1. The van der Waals surface area contributed by atoms with Crippen LogP contribution in [0, 0.1) is 4.91 Å². The fourth-order valence-corrected chi connectivity index (χ4v) is 1.18. The molecule has 0 heterocycles. The molecule has 1 rings (SSSR count). The molecule has 0 saturated carbocycles. The molecule has 0 fully saturated rings. The molecule has 0 spiro atoms. The molecule has 0 aliphatic rings. The Morgan fingerprint density at radius 2 is 2.23 bits per heavy atom. The zero-order chi connectivity index (χ0) is 9.68. The Labute approximate surface area is 77.4 Å². The Morgan fingerprint density at radius 3 is 2.85 bits per heavy atom. The molecule has 13 heavy (non-hydrogen) atoms. The first-order valence-corrected chi connectivity index (χ1v) is 4.43. The van der Waals surface area contributed by atoms with Crippen LogP contribution in [0.1, 0.15) is 25.3 Å². The van der Waals surface area contributed by atoms with Gasteiger partial charge in [-0.25, -0.2) is 0 Å². The summed E-state index contributed by atoms with van der Waals surface area (Å²) in [4.78, 5) is 10.2. The van der Waals surface area contributed by atoms with Crippen molar-refractivity contribution in [3.8, 4) is 5.75 Å². The highest BCUT2D eigenvalue weighted by Crippen LogP contribution is 2.27. The summed E-state index contributed by atoms with van der Waals surface area (Å²) in [6.45, 7) is 2.11. The molecule has 1 N–H and O–H groups in total. The van der Waals surface area contributed by atoms with Gasteiger partial charge < -0.3 is 5.11 Å². The monoisotopic (exact) mass is 179 g/mol. The maximum Gasteiger partial charge on any atom is 0.149 e. The lowest BCUT2D eigenvalue weighted by Crippen LogP contribution is -1.83. The van der Waals surface area contributed by atoms with E-state index in [1.54, 1.807) is 6.07 Å². The number of aryl methyl sites for hydroxylation is 1. The van der Waals surface area contributed by atoms with Gasteiger partial charge in [-0.3, -0.25) is 0 Å². The Kier molecular flexibility index (Phi) is 3.43. The first-order valence-electron chi connectivity index (χ1n) is 4.43. The van der Waals surface area contributed by atoms with Crippen molar-refractivity contribution in [3.05, 3.63) is 28.7 Å². The minimum Gasteiger partial charge on any atom is -0.506 e. The molecule has 0 bridgehead atoms. The standard InChI is InChI=1S/C10H13NO2/c1-2-3-4-8-5-6-10(12)9(7-8)11-13/h5-7,12H,2-4H2,1H3. The second kappa shape index (κ2) is 4.60. The van der Waals surface area contributed by atoms with E-state index in [4.69, 9.17) is 5.11 Å². The third kappa shape index (κ3) is 2.54. The Balaban J connectivity index is 2.80. The van der Waals surface area contributed by atoms with Crippen molar-refractivity contribution in [2.24, 2.45) is 5.18 Å². The first-order chi connectivity index (χ1) is 6.27. The van der Waals surface area contributed by atoms with Gasteiger partial charge in [0.2, 0.25) is 0 Å². The van der Waals surface area contributed by atoms with Crippen molar-refractivity contribution < 1.29 is 5.11 Å². The molecule has 1 aromatic carbocycles. The minimum atomic E-state index is -0.0461. The first kappa shape index (κ1) is 9.71. The van der Waals surface area contributed by atoms with Crippen LogP contribution in [0.3, 0.4) is 0 Å². The lowest BCUT2D eigenvalue weighted by Gasteiger charge is -2.01. The van der Waals surface area contributed by atoms with Gasteiger partial charge in [0, 0.05) is 0 Å². The van der Waals surface area contributed by atoms with Gasteiger partial charge in [0.05, 0.1) is 0 Å². The van der Waals surface area contributed by atoms with Gasteiger partial charge in [0.1, 0.15) is 11.4 Å². The number of nitroso groups, excluding NO2 is 1. The molecular formula is C10H13NO2. The summed E-state index contributed by atoms with van der Waals surface area (Å²) in [5, 5.41) is 11.9. The van der Waals surface area contributed by atoms with Crippen molar-refractivity contribution in [1.29, 1.82) is 0 Å². The lowest BCUT2D eigenvalue weighted by molar-refractivity contribution is 0.476. The molecule has 0 aliphatic heterocycles. The van der Waals surface area contributed by atoms with Crippen LogP contribution in [0.15, 0.2) is 23.4 Å². The van der Waals surface area contributed by atoms with Gasteiger partial charge in [-0.15, -0.1) is 4.91 Å². The molecular weight excluding hydrogens is 166 g/mol. The zero-order valence-corrected chi connectivity index (χ0v) is 7.66. The summed E-state index contributed by atoms with van der Waals surface area (Å²) in [5.41, 5.74) is 1.18. The van der Waals surface area contributed by atoms with E-state index in [2.05, 4.69) is 12.1 Å². The highest BCUT2D eigenvalue weighted by atomic mass is 16.3. The summed E-state index contributed by atoms with van der Waals surface area (Å²) in [6, 6.07) is 4.97. The second-order valence-electron chi connectivity index (χ2n) is 3.02. The lowest BCUT2D eigenvalue weighted by atomic mass is 10.1. The van der Waals surface area contributed by atoms with Gasteiger partial charge >= 0.3 is 0 Å². The van der Waals surface area contributed by atoms with Crippen molar-refractivity contribution in [1.82, 2.24) is 0 Å². The highest BCUT2D eigenvalue weighted by Gasteiger charge is 2.01. The SMILES string of the molecule is CCCCc1ccc(O)c(N=O)c1. The van der Waals surface area contributed by atoms with Gasteiger partial charge in [-0.1, -0.05) is 19.4 Å². The molecule has 0 aliphatic carbocycles. The average Bonchev–Trinajstić information content (AvgIpc) is 2.16. The van der Waals surface area contributed by atoms with Crippen LogP contribution >= 0.6 is 0 Å². The van der Waals surface area contributed by atoms with Gasteiger partial charge in [0.15, 0.2) is 0 Å². The molecule has 70 valence electrons. The summed E-state index contributed by atoms with van der Waals surface area (Å²) >= 11 is 0. The van der Waals surface area contributed by atoms with Crippen molar-refractivity contribution >= 4 is 5.69 Å². The van der Waals surface area contributed by atoms with Crippen molar-refractivity contribution in [3.63, 3.8) is 0 Å². The summed E-state index contributed by atoms with van der Waals surface area (Å²) in [6.07, 6.45) is 3.13. The van der Waals surface area contributed by atoms with Crippen LogP contribution in [0.5, 0.6) is 5.75 Å². The van der Waals surface area contributed by atoms with Gasteiger partial charge in [-0.2, -0.15) is 0 Å². The Morgan fingerprint density at radius 1 is 1.46 bits per heavy atom. The number of aromatic hydroxyl groups is 1. The van der Waals surface area contributed by atoms with Crippen LogP contribution in [-0.4, -0.2) is 5.11 Å². The molecule has 3 heteroatoms. The second-order valence-corrected chi connectivity index (χ2v) is 3.02. The number of hydrogen-bond acceptors (Lipinski definition) is 3. The topological polar surface area (TPSA) is 49.7 Å². The molecule has 3 nitrogen and oxygen atoms in total. The van der Waals surface area contributed by atoms with Gasteiger partial charge in [-0.05, 0) is 35.7 Å². The number of benzene rings is 1. The average molecular weight is 179 g/mol. The molecule has 0 radical (unpaired) electrons. The molecule has 0 unspecified atom stereocenters. The van der Waals surface area contributed by atoms with E-state index in [-0.39, 0.29) is 11.4 Å². The number of hydrogen-bond donors (Lipinski definition) is 1. The van der Waals surface area contributed by atoms with E-state index >= 15 is 0 Å². The molecule has 1 aromatic rings. The van der Waals surface area contributed by atoms with E-state index in [1.165, 1.54) is 6.07 Å². The van der Waals surface area contributed by atoms with Crippen molar-refractivity contribution in [2.75, 3.05) is 0 Å². The maximum absolute atomic E-state index is 10.2. The maximum atomic E-state index is 10.2. The van der Waals surface area contributed by atoms with E-state index in [9.17, 15) is 4.91 Å². The van der Waals surface area contributed by atoms with Gasteiger partial charge in [0.25, 0.3) is 0 Å². The molecule has 0 atom stereocenters. The fraction of sp³-hybridized carbons (Fsp3) is 0.400. The normalized spacial score (nSPS) is 9.92. The predicted octanol–water partition coefficient (Wildman–Crippen LogP) is 3.13. The fourth-order valence-electron chi connectivity index (χ4n) is 1.18. The number of phenols is 1. The Hall–Kier alpha value is -1.38. The number of phenolic OH excluding ortho intramolecular Hbond substituents is 1. The molecule has 0 amide bonds. The van der Waals surface area contributed by atoms with E-state index in [1.807, 2.05) is 6.07 Å². The smallest absolute Gasteiger partial charge is 0.149 e. The van der Waals surface area contributed by atoms with Crippen LogP contribution in [0.2, 0.25) is 0 Å². The largest absolute Gasteiger partial charge is 0.506 e. The highest BCUT2D eigenvalue weighted by molar-refractivity contribution is 5.52. The van der Waals surface area contributed by atoms with Crippen molar-refractivity contribution in [2.45, 2.75) is 26.2 Å². The minimum absolute atomic E-state index is 0.0461. The third-order valence-electron chi connectivity index (χ3n) is 1.96. The predicted molar refractivity (Wildman–Crippen MR) is 52.2 cm³/mol. The van der Waals surface area contributed by atoms with Crippen LogP contribution < -0.4 is 0 Å². The number of rotatable bonds is 4. The molecule has 0 saturated heterocycles. The quantitative estimate of drug-likeness (QED) is 0.722. The number of unbranched alkanes of at least 4 members (excludes halogenated alkanes) is 1.